The zero-order chi connectivity index (χ0) is 30.2. The summed E-state index contributed by atoms with van der Waals surface area (Å²) in [4.78, 5) is 10.3. The third kappa shape index (κ3) is 6.16. The van der Waals surface area contributed by atoms with Crippen LogP contribution in [0.2, 0.25) is 0 Å². The molecule has 0 saturated heterocycles. The number of benzene rings is 2. The van der Waals surface area contributed by atoms with E-state index in [-0.39, 0.29) is 0 Å². The third-order valence-electron chi connectivity index (χ3n) is 6.18. The first-order valence-electron chi connectivity index (χ1n) is 11.9. The summed E-state index contributed by atoms with van der Waals surface area (Å²) in [5, 5.41) is 10.3. The van der Waals surface area contributed by atoms with Crippen LogP contribution in [0.1, 0.15) is 22.5 Å². The second-order valence-electron chi connectivity index (χ2n) is 9.04. The highest BCUT2D eigenvalue weighted by atomic mass is 32.2. The molecule has 0 radical (unpaired) electrons. The molecule has 0 aliphatic rings. The van der Waals surface area contributed by atoms with E-state index in [1.807, 2.05) is 32.0 Å². The molecule has 0 saturated carbocycles. The van der Waals surface area contributed by atoms with Crippen molar-refractivity contribution in [3.8, 4) is 32.4 Å². The summed E-state index contributed by atoms with van der Waals surface area (Å²) in [7, 11) is 3.01. The van der Waals surface area contributed by atoms with Gasteiger partial charge in [-0.05, 0) is 60.9 Å². The molecule has 13 heteroatoms. The Kier molecular flexibility index (Phi) is 8.63. The highest BCUT2D eigenvalue weighted by Crippen LogP contribution is 2.50. The maximum absolute atomic E-state index is 13.4. The number of halogens is 6. The van der Waals surface area contributed by atoms with E-state index in [0.29, 0.717) is 45.0 Å². The molecule has 0 unspecified atom stereocenters. The molecule has 0 bridgehead atoms. The number of nitrogens with zero attached hydrogens (tertiary/aromatic N) is 2. The zero-order valence-corrected chi connectivity index (χ0v) is 23.8. The summed E-state index contributed by atoms with van der Waals surface area (Å²) in [5.41, 5.74) is -2.83. The lowest BCUT2D eigenvalue weighted by Crippen LogP contribution is -2.53. The fourth-order valence-corrected chi connectivity index (χ4v) is 6.37. The summed E-state index contributed by atoms with van der Waals surface area (Å²) >= 11 is 2.66. The van der Waals surface area contributed by atoms with Gasteiger partial charge in [-0.3, -0.25) is 0 Å². The SMILES string of the molecule is COc1ccc(-c2cc(CSc3nc(C)cc(C)n3)c(-c3ccc(C(O)(C(F)(F)F)C(F)(F)F)cc3)s2)cc1OC. The van der Waals surface area contributed by atoms with Crippen LogP contribution in [0.5, 0.6) is 11.5 Å². The van der Waals surface area contributed by atoms with Gasteiger partial charge in [0.2, 0.25) is 0 Å². The lowest BCUT2D eigenvalue weighted by molar-refractivity contribution is -0.376. The van der Waals surface area contributed by atoms with Crippen LogP contribution in [0.3, 0.4) is 0 Å². The number of aryl methyl sites for hydroxylation is 2. The number of hydrogen-bond donors (Lipinski definition) is 1. The first kappa shape index (κ1) is 30.7. The Bertz CT molecular complexity index is 1500. The Balaban J connectivity index is 1.78. The molecule has 5 nitrogen and oxygen atoms in total. The van der Waals surface area contributed by atoms with E-state index in [0.717, 1.165) is 39.5 Å². The maximum Gasteiger partial charge on any atom is 0.430 e. The normalized spacial score (nSPS) is 12.5. The summed E-state index contributed by atoms with van der Waals surface area (Å²) < 4.78 is 91.1. The van der Waals surface area contributed by atoms with Gasteiger partial charge in [-0.25, -0.2) is 9.97 Å². The quantitative estimate of drug-likeness (QED) is 0.123. The lowest BCUT2D eigenvalue weighted by Gasteiger charge is -2.32. The molecule has 0 spiro atoms. The molecule has 2 aromatic carbocycles. The van der Waals surface area contributed by atoms with Gasteiger partial charge in [-0.1, -0.05) is 36.0 Å². The Morgan fingerprint density at radius 2 is 1.34 bits per heavy atom. The highest BCUT2D eigenvalue weighted by Gasteiger charge is 2.71. The van der Waals surface area contributed by atoms with Crippen LogP contribution in [0.15, 0.2) is 59.8 Å². The monoisotopic (exact) mass is 614 g/mol. The lowest BCUT2D eigenvalue weighted by atomic mass is 9.91. The summed E-state index contributed by atoms with van der Waals surface area (Å²) in [5.74, 6) is 1.38. The fourth-order valence-electron chi connectivity index (χ4n) is 4.16. The van der Waals surface area contributed by atoms with Gasteiger partial charge < -0.3 is 14.6 Å². The van der Waals surface area contributed by atoms with Crippen molar-refractivity contribution in [1.29, 1.82) is 0 Å². The molecule has 218 valence electrons. The van der Waals surface area contributed by atoms with Gasteiger partial charge in [0.15, 0.2) is 16.7 Å². The van der Waals surface area contributed by atoms with Gasteiger partial charge >= 0.3 is 12.4 Å². The topological polar surface area (TPSA) is 64.5 Å². The van der Waals surface area contributed by atoms with Crippen molar-refractivity contribution in [2.24, 2.45) is 0 Å². The van der Waals surface area contributed by atoms with Crippen molar-refractivity contribution in [1.82, 2.24) is 9.97 Å². The van der Waals surface area contributed by atoms with Gasteiger partial charge in [0.05, 0.1) is 14.2 Å². The molecule has 0 aliphatic heterocycles. The molecule has 4 aromatic rings. The molecular weight excluding hydrogens is 590 g/mol. The molecule has 0 fully saturated rings. The minimum atomic E-state index is -5.97. The van der Waals surface area contributed by atoms with E-state index < -0.39 is 23.5 Å². The summed E-state index contributed by atoms with van der Waals surface area (Å²) in [6.07, 6.45) is -11.9. The van der Waals surface area contributed by atoms with E-state index in [2.05, 4.69) is 9.97 Å². The average molecular weight is 615 g/mol. The van der Waals surface area contributed by atoms with E-state index in [1.54, 1.807) is 12.1 Å². The predicted molar refractivity (Wildman–Crippen MR) is 145 cm³/mol. The summed E-state index contributed by atoms with van der Waals surface area (Å²) in [6, 6.07) is 12.6. The van der Waals surface area contributed by atoms with Crippen molar-refractivity contribution < 1.29 is 40.9 Å². The average Bonchev–Trinajstić information content (AvgIpc) is 3.33. The smallest absolute Gasteiger partial charge is 0.430 e. The third-order valence-corrected chi connectivity index (χ3v) is 8.35. The van der Waals surface area contributed by atoms with Gasteiger partial charge in [0.1, 0.15) is 0 Å². The zero-order valence-electron chi connectivity index (χ0n) is 22.1. The number of ether oxygens (including phenoxy) is 2. The highest BCUT2D eigenvalue weighted by molar-refractivity contribution is 7.98. The molecule has 0 aliphatic carbocycles. The molecule has 0 atom stereocenters. The molecule has 4 rings (SSSR count). The van der Waals surface area contributed by atoms with Crippen LogP contribution in [-0.4, -0.2) is 41.6 Å². The Hall–Kier alpha value is -3.29. The second kappa shape index (κ2) is 11.5. The number of thiophene rings is 1. The largest absolute Gasteiger partial charge is 0.493 e. The van der Waals surface area contributed by atoms with Crippen molar-refractivity contribution in [2.45, 2.75) is 42.7 Å². The number of hydrogen-bond acceptors (Lipinski definition) is 7. The fraction of sp³-hybridized carbons (Fsp3) is 0.286. The van der Waals surface area contributed by atoms with E-state index in [4.69, 9.17) is 9.47 Å². The second-order valence-corrected chi connectivity index (χ2v) is 11.0. The van der Waals surface area contributed by atoms with E-state index in [9.17, 15) is 31.4 Å². The maximum atomic E-state index is 13.4. The number of thioether (sulfide) groups is 1. The van der Waals surface area contributed by atoms with Crippen LogP contribution < -0.4 is 9.47 Å². The van der Waals surface area contributed by atoms with E-state index in [1.165, 1.54) is 37.3 Å². The first-order valence-corrected chi connectivity index (χ1v) is 13.7. The van der Waals surface area contributed by atoms with Crippen molar-refractivity contribution in [3.63, 3.8) is 0 Å². The van der Waals surface area contributed by atoms with Crippen LogP contribution in [0.4, 0.5) is 26.3 Å². The standard InChI is InChI=1S/C28H24F6N2O3S2/c1-15-11-16(2)36-25(35-15)40-14-19-13-23(18-7-10-21(38-3)22(12-18)39-4)41-24(19)17-5-8-20(9-6-17)26(37,27(29,30)31)28(32,33)34/h5-13,37H,14H2,1-4H3. The van der Waals surface area contributed by atoms with Crippen LogP contribution >= 0.6 is 23.1 Å². The minimum absolute atomic E-state index is 0.374. The molecule has 0 amide bonds. The Labute approximate surface area is 240 Å². The Morgan fingerprint density at radius 1 is 0.780 bits per heavy atom. The molecule has 2 aromatic heterocycles. The molecular formula is C28H24F6N2O3S2. The predicted octanol–water partition coefficient (Wildman–Crippen LogP) is 8.11. The molecule has 2 heterocycles. The molecule has 1 N–H and O–H groups in total. The minimum Gasteiger partial charge on any atom is -0.493 e. The van der Waals surface area contributed by atoms with Crippen LogP contribution in [0.25, 0.3) is 20.9 Å². The number of alkyl halides is 6. The van der Waals surface area contributed by atoms with Gasteiger partial charge in [-0.15, -0.1) is 11.3 Å². The number of methoxy groups -OCH3 is 2. The number of aromatic nitrogens is 2. The molecule has 41 heavy (non-hydrogen) atoms. The summed E-state index contributed by atoms with van der Waals surface area (Å²) in [6.45, 7) is 3.68. The van der Waals surface area contributed by atoms with Crippen LogP contribution in [-0.2, 0) is 11.4 Å². The number of aliphatic hydroxyl groups is 1. The van der Waals surface area contributed by atoms with Gasteiger partial charge in [-0.2, -0.15) is 26.3 Å². The van der Waals surface area contributed by atoms with Gasteiger partial charge in [0, 0.05) is 32.5 Å². The van der Waals surface area contributed by atoms with Gasteiger partial charge in [0.25, 0.3) is 5.60 Å². The Morgan fingerprint density at radius 3 is 1.88 bits per heavy atom. The van der Waals surface area contributed by atoms with Crippen molar-refractivity contribution >= 4 is 23.1 Å². The van der Waals surface area contributed by atoms with Crippen LogP contribution in [0, 0.1) is 13.8 Å². The van der Waals surface area contributed by atoms with Crippen molar-refractivity contribution in [2.75, 3.05) is 14.2 Å². The number of rotatable bonds is 8. The van der Waals surface area contributed by atoms with E-state index >= 15 is 0 Å². The van der Waals surface area contributed by atoms with Crippen molar-refractivity contribution in [3.05, 3.63) is 77.1 Å². The first-order chi connectivity index (χ1) is 19.2.